The van der Waals surface area contributed by atoms with E-state index in [9.17, 15) is 18.4 Å². The molecule has 1 aliphatic rings. The Hall–Kier alpha value is -0.800. The number of hydrogen-bond donors (Lipinski definition) is 0. The third-order valence-electron chi connectivity index (χ3n) is 2.60. The summed E-state index contributed by atoms with van der Waals surface area (Å²) in [6.07, 6.45) is -0.100. The van der Waals surface area contributed by atoms with Gasteiger partial charge in [-0.05, 0) is 19.8 Å². The third kappa shape index (κ3) is 3.16. The van der Waals surface area contributed by atoms with Gasteiger partial charge < -0.3 is 0 Å². The van der Waals surface area contributed by atoms with Gasteiger partial charge in [-0.2, -0.15) is 0 Å². The van der Waals surface area contributed by atoms with Gasteiger partial charge in [0.25, 0.3) is 0 Å². The SMILES string of the molecule is CC(=O)CC(=O)C1CCC(F)(F)CC1. The number of halogens is 2. The van der Waals surface area contributed by atoms with Crippen LogP contribution in [0.5, 0.6) is 0 Å². The van der Waals surface area contributed by atoms with Crippen LogP contribution in [-0.4, -0.2) is 17.5 Å². The number of rotatable bonds is 3. The van der Waals surface area contributed by atoms with Crippen molar-refractivity contribution >= 4 is 11.6 Å². The van der Waals surface area contributed by atoms with Gasteiger partial charge in [0.1, 0.15) is 11.6 Å². The lowest BCUT2D eigenvalue weighted by molar-refractivity contribution is -0.131. The number of ketones is 2. The second-order valence-electron chi connectivity index (χ2n) is 3.98. The van der Waals surface area contributed by atoms with Crippen LogP contribution in [0.2, 0.25) is 0 Å². The van der Waals surface area contributed by atoms with Crippen LogP contribution in [-0.2, 0) is 9.59 Å². The van der Waals surface area contributed by atoms with Gasteiger partial charge in [0.15, 0.2) is 0 Å². The van der Waals surface area contributed by atoms with E-state index >= 15 is 0 Å². The molecule has 1 aliphatic carbocycles. The molecule has 0 heterocycles. The first-order valence-corrected chi connectivity index (χ1v) is 4.81. The average molecular weight is 204 g/mol. The van der Waals surface area contributed by atoms with E-state index in [-0.39, 0.29) is 49.6 Å². The summed E-state index contributed by atoms with van der Waals surface area (Å²) in [7, 11) is 0. The lowest BCUT2D eigenvalue weighted by atomic mass is 9.83. The molecule has 1 rings (SSSR count). The summed E-state index contributed by atoms with van der Waals surface area (Å²) < 4.78 is 25.5. The smallest absolute Gasteiger partial charge is 0.248 e. The lowest BCUT2D eigenvalue weighted by Crippen LogP contribution is -2.29. The van der Waals surface area contributed by atoms with E-state index < -0.39 is 5.92 Å². The van der Waals surface area contributed by atoms with Crippen molar-refractivity contribution in [3.8, 4) is 0 Å². The van der Waals surface area contributed by atoms with Crippen molar-refractivity contribution in [3.63, 3.8) is 0 Å². The van der Waals surface area contributed by atoms with E-state index in [1.807, 2.05) is 0 Å². The van der Waals surface area contributed by atoms with Crippen LogP contribution in [0, 0.1) is 5.92 Å². The molecule has 1 fully saturated rings. The molecule has 0 amide bonds. The van der Waals surface area contributed by atoms with E-state index in [1.165, 1.54) is 6.92 Å². The molecule has 0 aromatic heterocycles. The Bertz CT molecular complexity index is 239. The molecule has 80 valence electrons. The zero-order valence-electron chi connectivity index (χ0n) is 8.19. The summed E-state index contributed by atoms with van der Waals surface area (Å²) in [4.78, 5) is 22.0. The molecule has 0 radical (unpaired) electrons. The lowest BCUT2D eigenvalue weighted by Gasteiger charge is -2.26. The molecule has 0 N–H and O–H groups in total. The van der Waals surface area contributed by atoms with E-state index in [0.29, 0.717) is 0 Å². The van der Waals surface area contributed by atoms with Crippen LogP contribution >= 0.6 is 0 Å². The van der Waals surface area contributed by atoms with Crippen molar-refractivity contribution in [1.29, 1.82) is 0 Å². The van der Waals surface area contributed by atoms with Crippen LogP contribution in [0.3, 0.4) is 0 Å². The fourth-order valence-corrected chi connectivity index (χ4v) is 1.75. The van der Waals surface area contributed by atoms with Gasteiger partial charge in [-0.1, -0.05) is 0 Å². The van der Waals surface area contributed by atoms with Crippen LogP contribution in [0.15, 0.2) is 0 Å². The minimum Gasteiger partial charge on any atom is -0.300 e. The van der Waals surface area contributed by atoms with Crippen LogP contribution in [0.1, 0.15) is 39.0 Å². The summed E-state index contributed by atoms with van der Waals surface area (Å²) in [6.45, 7) is 1.34. The monoisotopic (exact) mass is 204 g/mol. The molecular weight excluding hydrogens is 190 g/mol. The molecule has 0 bridgehead atoms. The van der Waals surface area contributed by atoms with Crippen molar-refractivity contribution in [2.75, 3.05) is 0 Å². The van der Waals surface area contributed by atoms with Gasteiger partial charge in [-0.3, -0.25) is 9.59 Å². The van der Waals surface area contributed by atoms with E-state index in [4.69, 9.17) is 0 Å². The topological polar surface area (TPSA) is 34.1 Å². The number of carbonyl (C=O) groups is 2. The molecule has 2 nitrogen and oxygen atoms in total. The van der Waals surface area contributed by atoms with Gasteiger partial charge >= 0.3 is 0 Å². The molecule has 0 atom stereocenters. The molecule has 0 aliphatic heterocycles. The quantitative estimate of drug-likeness (QED) is 0.661. The van der Waals surface area contributed by atoms with Gasteiger partial charge in [-0.25, -0.2) is 8.78 Å². The third-order valence-corrected chi connectivity index (χ3v) is 2.60. The normalized spacial score (nSPS) is 21.9. The van der Waals surface area contributed by atoms with Gasteiger partial charge in [0.05, 0.1) is 6.42 Å². The summed E-state index contributed by atoms with van der Waals surface area (Å²) in [5, 5.41) is 0. The van der Waals surface area contributed by atoms with Crippen molar-refractivity contribution in [2.45, 2.75) is 45.0 Å². The Labute approximate surface area is 81.7 Å². The van der Waals surface area contributed by atoms with Crippen molar-refractivity contribution in [3.05, 3.63) is 0 Å². The minimum atomic E-state index is -2.60. The van der Waals surface area contributed by atoms with Crippen molar-refractivity contribution in [2.24, 2.45) is 5.92 Å². The summed E-state index contributed by atoms with van der Waals surface area (Å²) in [5.74, 6) is -3.29. The highest BCUT2D eigenvalue weighted by Gasteiger charge is 2.37. The number of alkyl halides is 2. The fourth-order valence-electron chi connectivity index (χ4n) is 1.75. The standard InChI is InChI=1S/C10H14F2O2/c1-7(13)6-9(14)8-2-4-10(11,12)5-3-8/h8H,2-6H2,1H3. The first-order valence-electron chi connectivity index (χ1n) is 4.81. The predicted molar refractivity (Wildman–Crippen MR) is 47.2 cm³/mol. The fraction of sp³-hybridized carbons (Fsp3) is 0.800. The van der Waals surface area contributed by atoms with Crippen molar-refractivity contribution in [1.82, 2.24) is 0 Å². The Kier molecular flexibility index (Phi) is 3.34. The van der Waals surface area contributed by atoms with Crippen LogP contribution in [0.4, 0.5) is 8.78 Å². The number of Topliss-reactive ketones (excluding diaryl/α,β-unsaturated/α-hetero) is 2. The van der Waals surface area contributed by atoms with Crippen molar-refractivity contribution < 1.29 is 18.4 Å². The Balaban J connectivity index is 2.42. The molecule has 0 aromatic carbocycles. The maximum Gasteiger partial charge on any atom is 0.248 e. The first-order chi connectivity index (χ1) is 6.41. The Morgan fingerprint density at radius 1 is 1.29 bits per heavy atom. The highest BCUT2D eigenvalue weighted by atomic mass is 19.3. The molecule has 0 unspecified atom stereocenters. The average Bonchev–Trinajstić information content (AvgIpc) is 2.02. The summed E-state index contributed by atoms with van der Waals surface area (Å²) in [6, 6.07) is 0. The minimum absolute atomic E-state index is 0.101. The summed E-state index contributed by atoms with van der Waals surface area (Å²) in [5.41, 5.74) is 0. The van der Waals surface area contributed by atoms with Crippen LogP contribution < -0.4 is 0 Å². The highest BCUT2D eigenvalue weighted by molar-refractivity contribution is 5.99. The van der Waals surface area contributed by atoms with Crippen LogP contribution in [0.25, 0.3) is 0 Å². The largest absolute Gasteiger partial charge is 0.300 e. The van der Waals surface area contributed by atoms with E-state index in [1.54, 1.807) is 0 Å². The maximum atomic E-state index is 12.7. The number of hydrogen-bond acceptors (Lipinski definition) is 2. The Morgan fingerprint density at radius 3 is 2.21 bits per heavy atom. The van der Waals surface area contributed by atoms with Gasteiger partial charge in [-0.15, -0.1) is 0 Å². The second kappa shape index (κ2) is 4.15. The molecule has 1 saturated carbocycles. The molecule has 0 aromatic rings. The first kappa shape index (κ1) is 11.3. The van der Waals surface area contributed by atoms with E-state index in [2.05, 4.69) is 0 Å². The Morgan fingerprint density at radius 2 is 1.79 bits per heavy atom. The molecular formula is C10H14F2O2. The van der Waals surface area contributed by atoms with Gasteiger partial charge in [0.2, 0.25) is 5.92 Å². The maximum absolute atomic E-state index is 12.7. The molecule has 4 heteroatoms. The summed E-state index contributed by atoms with van der Waals surface area (Å²) >= 11 is 0. The van der Waals surface area contributed by atoms with E-state index in [0.717, 1.165) is 0 Å². The predicted octanol–water partition coefficient (Wildman–Crippen LogP) is 2.36. The van der Waals surface area contributed by atoms with Gasteiger partial charge in [0, 0.05) is 18.8 Å². The zero-order chi connectivity index (χ0) is 10.8. The molecule has 0 spiro atoms. The highest BCUT2D eigenvalue weighted by Crippen LogP contribution is 2.36. The molecule has 14 heavy (non-hydrogen) atoms. The number of carbonyl (C=O) groups excluding carboxylic acids is 2. The second-order valence-corrected chi connectivity index (χ2v) is 3.98. The molecule has 0 saturated heterocycles. The zero-order valence-corrected chi connectivity index (χ0v) is 8.19.